The van der Waals surface area contributed by atoms with Gasteiger partial charge in [-0.3, -0.25) is 0 Å². The Hall–Kier alpha value is -9.06. The van der Waals surface area contributed by atoms with E-state index in [-0.39, 0.29) is 35.1 Å². The highest BCUT2D eigenvalue weighted by Crippen LogP contribution is 2.64. The summed E-state index contributed by atoms with van der Waals surface area (Å²) in [6, 6.07) is 53.4. The van der Waals surface area contributed by atoms with Gasteiger partial charge in [-0.25, -0.2) is 9.97 Å². The first-order valence-corrected chi connectivity index (χ1v) is 25.0. The van der Waals surface area contributed by atoms with Gasteiger partial charge in [0, 0.05) is 50.8 Å². The number of nitrogens with zero attached hydrogens (tertiary/aromatic N) is 4. The smallest absolute Gasteiger partial charge is 0.252 e. The zero-order valence-electron chi connectivity index (χ0n) is 51.0. The second-order valence-corrected chi connectivity index (χ2v) is 20.0. The summed E-state index contributed by atoms with van der Waals surface area (Å²) in [5.74, 6) is -0.257. The van der Waals surface area contributed by atoms with Crippen LogP contribution in [0.3, 0.4) is 0 Å². The molecule has 2 aliphatic carbocycles. The highest BCUT2D eigenvalue weighted by Gasteiger charge is 2.53. The zero-order valence-corrected chi connectivity index (χ0v) is 41.0. The molecule has 0 amide bonds. The number of aryl methyl sites for hydroxylation is 4. The van der Waals surface area contributed by atoms with E-state index in [4.69, 9.17) is 18.7 Å². The van der Waals surface area contributed by atoms with Gasteiger partial charge < -0.3 is 9.80 Å². The SMILES string of the molecule is [2H]c1c([2H])c([2H])c(-c2cc(-c3ccc4c(c3)-c3ccccc3C43c4ccccc4-c4cc5c(cc43)N(c3ccccc3C)c3cc(C)cc4c3B5c3ccc(C)cc3N4c3cccc(C)c3)nc(-c3c([2H])c([2H])c([2H])c([2H])c3[2H])n2)c([2H])c1[2H]. The molecule has 0 radical (unpaired) electrons. The molecular weight excluding hydrogens is 896 g/mol. The maximum Gasteiger partial charge on any atom is 0.252 e. The van der Waals surface area contributed by atoms with Gasteiger partial charge in [-0.05, 0) is 165 Å². The first-order valence-electron chi connectivity index (χ1n) is 30.0. The van der Waals surface area contributed by atoms with Gasteiger partial charge in [-0.1, -0.05) is 170 Å². The molecule has 74 heavy (non-hydrogen) atoms. The van der Waals surface area contributed by atoms with E-state index in [9.17, 15) is 0 Å². The Labute approximate surface area is 447 Å². The number of para-hydroxylation sites is 1. The summed E-state index contributed by atoms with van der Waals surface area (Å²) in [4.78, 5) is 14.6. The molecule has 1 aromatic heterocycles. The minimum atomic E-state index is -0.826. The van der Waals surface area contributed by atoms with E-state index in [2.05, 4.69) is 188 Å². The van der Waals surface area contributed by atoms with Gasteiger partial charge in [0.1, 0.15) is 0 Å². The van der Waals surface area contributed by atoms with Crippen molar-refractivity contribution >= 4 is 57.2 Å². The first-order chi connectivity index (χ1) is 40.5. The molecule has 4 aliphatic rings. The minimum Gasteiger partial charge on any atom is -0.311 e. The Morgan fingerprint density at radius 2 is 1.01 bits per heavy atom. The molecule has 1 atom stereocenters. The lowest BCUT2D eigenvalue weighted by atomic mass is 9.33. The molecule has 1 spiro atoms. The highest BCUT2D eigenvalue weighted by molar-refractivity contribution is 7.00. The fourth-order valence-electron chi connectivity index (χ4n) is 12.7. The number of benzene rings is 10. The van der Waals surface area contributed by atoms with Gasteiger partial charge in [0.25, 0.3) is 6.71 Å². The van der Waals surface area contributed by atoms with Crippen LogP contribution >= 0.6 is 0 Å². The van der Waals surface area contributed by atoms with Crippen LogP contribution in [0, 0.1) is 27.7 Å². The molecule has 5 heteroatoms. The van der Waals surface area contributed by atoms with Gasteiger partial charge >= 0.3 is 0 Å². The molecule has 0 N–H and O–H groups in total. The average molecular weight is 955 g/mol. The minimum absolute atomic E-state index is 0.0692. The van der Waals surface area contributed by atoms with Gasteiger partial charge in [0.05, 0.1) is 30.5 Å². The van der Waals surface area contributed by atoms with Gasteiger partial charge in [-0.15, -0.1) is 0 Å². The molecule has 1 unspecified atom stereocenters. The lowest BCUT2D eigenvalue weighted by molar-refractivity contribution is 0.794. The van der Waals surface area contributed by atoms with Crippen molar-refractivity contribution in [3.8, 4) is 56.2 Å². The number of aromatic nitrogens is 2. The third-order valence-corrected chi connectivity index (χ3v) is 15.7. The molecule has 0 saturated carbocycles. The Bertz CT molecular complexity index is 4650. The second-order valence-electron chi connectivity index (χ2n) is 20.0. The first kappa shape index (κ1) is 33.6. The van der Waals surface area contributed by atoms with Crippen molar-refractivity contribution in [2.24, 2.45) is 0 Å². The molecule has 10 aromatic carbocycles. The van der Waals surface area contributed by atoms with Crippen LogP contribution in [0.5, 0.6) is 0 Å². The molecule has 0 saturated heterocycles. The van der Waals surface area contributed by atoms with Crippen LogP contribution in [0.4, 0.5) is 34.1 Å². The van der Waals surface area contributed by atoms with E-state index in [1.165, 1.54) is 27.5 Å². The summed E-state index contributed by atoms with van der Waals surface area (Å²) in [7, 11) is 0. The monoisotopic (exact) mass is 954 g/mol. The molecular formula is C69H49BN4. The predicted molar refractivity (Wildman–Crippen MR) is 308 cm³/mol. The van der Waals surface area contributed by atoms with Crippen LogP contribution in [-0.2, 0) is 5.41 Å². The topological polar surface area (TPSA) is 32.3 Å². The summed E-state index contributed by atoms with van der Waals surface area (Å²) in [5, 5.41) is 0. The molecule has 0 fully saturated rings. The van der Waals surface area contributed by atoms with Gasteiger partial charge in [0.2, 0.25) is 0 Å². The lowest BCUT2D eigenvalue weighted by Gasteiger charge is -2.45. The van der Waals surface area contributed by atoms with Crippen molar-refractivity contribution in [3.63, 3.8) is 0 Å². The van der Waals surface area contributed by atoms with Crippen molar-refractivity contribution in [2.75, 3.05) is 9.80 Å². The highest BCUT2D eigenvalue weighted by atomic mass is 15.2. The van der Waals surface area contributed by atoms with E-state index in [1.54, 1.807) is 6.07 Å². The van der Waals surface area contributed by atoms with E-state index >= 15 is 0 Å². The molecule has 15 rings (SSSR count). The maximum atomic E-state index is 9.00. The Balaban J connectivity index is 0.993. The maximum absolute atomic E-state index is 9.00. The summed E-state index contributed by atoms with van der Waals surface area (Å²) < 4.78 is 87.0. The van der Waals surface area contributed by atoms with Gasteiger partial charge in [0.15, 0.2) is 5.82 Å². The van der Waals surface area contributed by atoms with E-state index < -0.39 is 65.8 Å². The van der Waals surface area contributed by atoms with Crippen molar-refractivity contribution in [3.05, 3.63) is 269 Å². The van der Waals surface area contributed by atoms with Crippen molar-refractivity contribution in [1.82, 2.24) is 9.97 Å². The normalized spacial score (nSPS) is 16.9. The number of fused-ring (bicyclic) bond motifs is 14. The van der Waals surface area contributed by atoms with Crippen LogP contribution in [0.1, 0.15) is 58.2 Å². The van der Waals surface area contributed by atoms with Crippen molar-refractivity contribution in [2.45, 2.75) is 33.1 Å². The third-order valence-electron chi connectivity index (χ3n) is 15.7. The van der Waals surface area contributed by atoms with Crippen LogP contribution in [0.25, 0.3) is 56.2 Å². The molecule has 11 aromatic rings. The predicted octanol–water partition coefficient (Wildman–Crippen LogP) is 15.1. The molecule has 0 bridgehead atoms. The molecule has 3 heterocycles. The number of hydrogen-bond donors (Lipinski definition) is 0. The Morgan fingerprint density at radius 1 is 0.405 bits per heavy atom. The standard InChI is InChI=1S/C69H49BN4/c1-42-18-17-24-49(34-42)73-63-35-43(2)30-33-58(63)70-59-39-53-51-26-13-15-28-55(51)69(57(53)40-64(59)74(62-29-16-11-19-45(62)4)66-37-44(3)36-65(73)67(66)70)54-27-14-12-25-50(54)52-38-48(31-32-56(52)69)61-41-60(46-20-7-5-8-21-46)71-68(72-61)47-22-9-6-10-23-47/h5-41H,1-4H3/i5D,6D,7D,8D,9D,10D,20D,21D,22D,23D. The summed E-state index contributed by atoms with van der Waals surface area (Å²) >= 11 is 0. The quantitative estimate of drug-likeness (QED) is 0.161. The van der Waals surface area contributed by atoms with E-state index in [0.717, 1.165) is 89.8 Å². The van der Waals surface area contributed by atoms with Crippen LogP contribution in [-0.4, -0.2) is 16.7 Å². The average Bonchev–Trinajstić information content (AvgIpc) is 1.55. The Morgan fingerprint density at radius 3 is 1.74 bits per heavy atom. The summed E-state index contributed by atoms with van der Waals surface area (Å²) in [6.45, 7) is 8.57. The van der Waals surface area contributed by atoms with E-state index in [1.807, 2.05) is 12.1 Å². The van der Waals surface area contributed by atoms with Crippen LogP contribution in [0.15, 0.2) is 224 Å². The van der Waals surface area contributed by atoms with E-state index in [0.29, 0.717) is 5.56 Å². The fourth-order valence-corrected chi connectivity index (χ4v) is 12.7. The zero-order chi connectivity index (χ0) is 58.1. The number of anilines is 6. The van der Waals surface area contributed by atoms with Gasteiger partial charge in [-0.2, -0.15) is 0 Å². The largest absolute Gasteiger partial charge is 0.311 e. The molecule has 2 aliphatic heterocycles. The second kappa shape index (κ2) is 16.0. The Kier molecular flexibility index (Phi) is 7.25. The number of rotatable bonds is 5. The van der Waals surface area contributed by atoms with Crippen LogP contribution < -0.4 is 26.2 Å². The summed E-state index contributed by atoms with van der Waals surface area (Å²) in [5.41, 5.74) is 23.0. The molecule has 348 valence electrons. The third kappa shape index (κ3) is 6.04. The summed E-state index contributed by atoms with van der Waals surface area (Å²) in [6.07, 6.45) is 0. The fraction of sp³-hybridized carbons (Fsp3) is 0.0725. The lowest BCUT2D eigenvalue weighted by Crippen LogP contribution is -2.61. The van der Waals surface area contributed by atoms with Crippen molar-refractivity contribution in [1.29, 1.82) is 0 Å². The van der Waals surface area contributed by atoms with Crippen molar-refractivity contribution < 1.29 is 13.7 Å². The number of hydrogen-bond acceptors (Lipinski definition) is 4. The van der Waals surface area contributed by atoms with Crippen LogP contribution in [0.2, 0.25) is 0 Å². The molecule has 4 nitrogen and oxygen atoms in total.